The molecule has 8 nitrogen and oxygen atoms in total. The largest absolute Gasteiger partial charge is 0.497 e. The van der Waals surface area contributed by atoms with E-state index in [1.165, 1.54) is 13.3 Å². The Hall–Kier alpha value is -3.07. The number of sulfonamides is 1. The number of nitrogens with zero attached hydrogens (tertiary/aromatic N) is 2. The Bertz CT molecular complexity index is 999. The van der Waals surface area contributed by atoms with Crippen LogP contribution in [-0.2, 0) is 14.8 Å². The molecule has 2 aromatic rings. The molecule has 0 unspecified atom stereocenters. The second kappa shape index (κ2) is 9.42. The number of carbonyl (C=O) groups excluding carboxylic acids is 1. The lowest BCUT2D eigenvalue weighted by Gasteiger charge is -2.25. The number of carbonyl (C=O) groups is 1. The van der Waals surface area contributed by atoms with Crippen LogP contribution in [0.1, 0.15) is 16.7 Å². The van der Waals surface area contributed by atoms with E-state index in [-0.39, 0.29) is 6.54 Å². The van der Waals surface area contributed by atoms with Crippen LogP contribution in [0, 0.1) is 13.8 Å². The fraction of sp³-hybridized carbons (Fsp3) is 0.300. The molecule has 0 bridgehead atoms. The number of hydrogen-bond acceptors (Lipinski definition) is 6. The van der Waals surface area contributed by atoms with Crippen molar-refractivity contribution in [3.8, 4) is 11.5 Å². The first-order valence-electron chi connectivity index (χ1n) is 8.75. The highest BCUT2D eigenvalue weighted by Crippen LogP contribution is 2.26. The molecule has 0 aliphatic heterocycles. The Morgan fingerprint density at radius 1 is 1.14 bits per heavy atom. The fourth-order valence-corrected chi connectivity index (χ4v) is 3.80. The van der Waals surface area contributed by atoms with Crippen molar-refractivity contribution in [2.45, 2.75) is 13.8 Å². The summed E-state index contributed by atoms with van der Waals surface area (Å²) in [5.74, 6) is 0.581. The average Bonchev–Trinajstić information content (AvgIpc) is 2.66. The maximum atomic E-state index is 12.4. The Morgan fingerprint density at radius 3 is 2.34 bits per heavy atom. The van der Waals surface area contributed by atoms with Gasteiger partial charge in [-0.15, -0.1) is 0 Å². The van der Waals surface area contributed by atoms with Crippen molar-refractivity contribution in [1.82, 2.24) is 5.43 Å². The SMILES string of the molecule is COc1ccc(/C=N\NC(=O)CN(c2c(C)cccc2C)S(C)(=O)=O)c(OC)c1. The van der Waals surface area contributed by atoms with Crippen LogP contribution in [-0.4, -0.2) is 47.6 Å². The van der Waals surface area contributed by atoms with Gasteiger partial charge in [-0.25, -0.2) is 13.8 Å². The van der Waals surface area contributed by atoms with Gasteiger partial charge in [0.2, 0.25) is 10.0 Å². The third kappa shape index (κ3) is 5.71. The van der Waals surface area contributed by atoms with Crippen LogP contribution in [0.3, 0.4) is 0 Å². The summed E-state index contributed by atoms with van der Waals surface area (Å²) < 4.78 is 36.1. The maximum absolute atomic E-state index is 12.4. The van der Waals surface area contributed by atoms with Gasteiger partial charge in [0.05, 0.1) is 32.4 Å². The lowest BCUT2D eigenvalue weighted by molar-refractivity contribution is -0.119. The van der Waals surface area contributed by atoms with Gasteiger partial charge in [-0.3, -0.25) is 9.10 Å². The number of hydrazone groups is 1. The third-order valence-electron chi connectivity index (χ3n) is 4.21. The van der Waals surface area contributed by atoms with E-state index in [1.807, 2.05) is 6.07 Å². The minimum Gasteiger partial charge on any atom is -0.497 e. The number of aryl methyl sites for hydroxylation is 2. The first kappa shape index (κ1) is 22.2. The monoisotopic (exact) mass is 419 g/mol. The highest BCUT2D eigenvalue weighted by Gasteiger charge is 2.23. The molecule has 0 heterocycles. The van der Waals surface area contributed by atoms with Gasteiger partial charge >= 0.3 is 0 Å². The molecule has 0 fully saturated rings. The number of benzene rings is 2. The van der Waals surface area contributed by atoms with Gasteiger partial charge in [-0.2, -0.15) is 5.10 Å². The Kier molecular flexibility index (Phi) is 7.22. The molecular weight excluding hydrogens is 394 g/mol. The molecule has 2 rings (SSSR count). The lowest BCUT2D eigenvalue weighted by Crippen LogP contribution is -2.39. The number of ether oxygens (including phenoxy) is 2. The summed E-state index contributed by atoms with van der Waals surface area (Å²) in [6, 6.07) is 10.6. The number of anilines is 1. The summed E-state index contributed by atoms with van der Waals surface area (Å²) in [5.41, 5.74) is 5.00. The van der Waals surface area contributed by atoms with Crippen molar-refractivity contribution in [2.75, 3.05) is 31.3 Å². The van der Waals surface area contributed by atoms with Gasteiger partial charge in [0.1, 0.15) is 18.0 Å². The highest BCUT2D eigenvalue weighted by molar-refractivity contribution is 7.92. The number of para-hydroxylation sites is 1. The predicted octanol–water partition coefficient (Wildman–Crippen LogP) is 2.24. The number of hydrogen-bond donors (Lipinski definition) is 1. The van der Waals surface area contributed by atoms with Crippen molar-refractivity contribution in [1.29, 1.82) is 0 Å². The van der Waals surface area contributed by atoms with E-state index in [0.717, 1.165) is 21.7 Å². The van der Waals surface area contributed by atoms with Crippen LogP contribution in [0.5, 0.6) is 11.5 Å². The summed E-state index contributed by atoms with van der Waals surface area (Å²) in [5, 5.41) is 3.91. The molecule has 1 N–H and O–H groups in total. The molecule has 156 valence electrons. The summed E-state index contributed by atoms with van der Waals surface area (Å²) in [7, 11) is -0.606. The fourth-order valence-electron chi connectivity index (χ4n) is 2.83. The lowest BCUT2D eigenvalue weighted by atomic mass is 10.1. The molecule has 29 heavy (non-hydrogen) atoms. The minimum absolute atomic E-state index is 0.387. The van der Waals surface area contributed by atoms with E-state index >= 15 is 0 Å². The highest BCUT2D eigenvalue weighted by atomic mass is 32.2. The first-order valence-corrected chi connectivity index (χ1v) is 10.6. The number of methoxy groups -OCH3 is 2. The second-order valence-electron chi connectivity index (χ2n) is 6.41. The van der Waals surface area contributed by atoms with Gasteiger partial charge in [-0.05, 0) is 37.1 Å². The maximum Gasteiger partial charge on any atom is 0.260 e. The van der Waals surface area contributed by atoms with Crippen LogP contribution in [0.4, 0.5) is 5.69 Å². The summed E-state index contributed by atoms with van der Waals surface area (Å²) in [6.07, 6.45) is 2.48. The Labute approximate surface area is 171 Å². The zero-order valence-corrected chi connectivity index (χ0v) is 17.9. The van der Waals surface area contributed by atoms with Crippen molar-refractivity contribution in [2.24, 2.45) is 5.10 Å². The van der Waals surface area contributed by atoms with E-state index in [9.17, 15) is 13.2 Å². The van der Waals surface area contributed by atoms with Crippen LogP contribution in [0.2, 0.25) is 0 Å². The normalized spacial score (nSPS) is 11.3. The summed E-state index contributed by atoms with van der Waals surface area (Å²) in [4.78, 5) is 12.4. The standard InChI is InChI=1S/C20H25N3O5S/c1-14-7-6-8-15(2)20(14)23(29(5,25)26)13-19(24)22-21-12-16-9-10-17(27-3)11-18(16)28-4/h6-12H,13H2,1-5H3,(H,22,24)/b21-12-. The van der Waals surface area contributed by atoms with Gasteiger partial charge in [0.15, 0.2) is 0 Å². The summed E-state index contributed by atoms with van der Waals surface area (Å²) in [6.45, 7) is 3.21. The van der Waals surface area contributed by atoms with Crippen LogP contribution in [0.25, 0.3) is 0 Å². The predicted molar refractivity (Wildman–Crippen MR) is 113 cm³/mol. The molecule has 9 heteroatoms. The molecular formula is C20H25N3O5S. The van der Waals surface area contributed by atoms with Crippen LogP contribution < -0.4 is 19.2 Å². The molecule has 1 amide bonds. The van der Waals surface area contributed by atoms with E-state index in [2.05, 4.69) is 10.5 Å². The Morgan fingerprint density at radius 2 is 1.79 bits per heavy atom. The van der Waals surface area contributed by atoms with Crippen molar-refractivity contribution in [3.05, 3.63) is 53.1 Å². The average molecular weight is 420 g/mol. The van der Waals surface area contributed by atoms with Gasteiger partial charge < -0.3 is 9.47 Å². The molecule has 0 saturated carbocycles. The third-order valence-corrected chi connectivity index (χ3v) is 5.32. The van der Waals surface area contributed by atoms with Crippen molar-refractivity contribution < 1.29 is 22.7 Å². The molecule has 0 radical (unpaired) electrons. The van der Waals surface area contributed by atoms with Crippen LogP contribution >= 0.6 is 0 Å². The number of rotatable bonds is 8. The Balaban J connectivity index is 2.17. The van der Waals surface area contributed by atoms with E-state index in [4.69, 9.17) is 9.47 Å². The quantitative estimate of drug-likeness (QED) is 0.523. The molecule has 0 aliphatic rings. The first-order chi connectivity index (χ1) is 13.7. The zero-order chi connectivity index (χ0) is 21.6. The minimum atomic E-state index is -3.67. The number of nitrogens with one attached hydrogen (secondary N) is 1. The summed E-state index contributed by atoms with van der Waals surface area (Å²) >= 11 is 0. The molecule has 0 aliphatic carbocycles. The smallest absolute Gasteiger partial charge is 0.260 e. The van der Waals surface area contributed by atoms with Crippen molar-refractivity contribution >= 4 is 27.8 Å². The molecule has 0 saturated heterocycles. The van der Waals surface area contributed by atoms with Crippen LogP contribution in [0.15, 0.2) is 41.5 Å². The molecule has 0 spiro atoms. The molecule has 0 atom stereocenters. The second-order valence-corrected chi connectivity index (χ2v) is 8.32. The van der Waals surface area contributed by atoms with E-state index in [1.54, 1.807) is 51.3 Å². The molecule has 0 aromatic heterocycles. The van der Waals surface area contributed by atoms with Gasteiger partial charge in [0, 0.05) is 11.6 Å². The van der Waals surface area contributed by atoms with Gasteiger partial charge in [-0.1, -0.05) is 18.2 Å². The number of amides is 1. The van der Waals surface area contributed by atoms with E-state index in [0.29, 0.717) is 22.7 Å². The topological polar surface area (TPSA) is 97.3 Å². The van der Waals surface area contributed by atoms with E-state index < -0.39 is 15.9 Å². The van der Waals surface area contributed by atoms with Crippen molar-refractivity contribution in [3.63, 3.8) is 0 Å². The van der Waals surface area contributed by atoms with Gasteiger partial charge in [0.25, 0.3) is 5.91 Å². The zero-order valence-electron chi connectivity index (χ0n) is 17.1. The molecule has 2 aromatic carbocycles.